The second-order valence-corrected chi connectivity index (χ2v) is 4.36. The average Bonchev–Trinajstić information content (AvgIpc) is 2.46. The van der Waals surface area contributed by atoms with Crippen molar-refractivity contribution in [3.63, 3.8) is 0 Å². The molecule has 0 aliphatic heterocycles. The molecule has 0 N–H and O–H groups in total. The van der Waals surface area contributed by atoms with E-state index in [1.807, 2.05) is 0 Å². The molecule has 0 heterocycles. The first-order valence-corrected chi connectivity index (χ1v) is 5.58. The van der Waals surface area contributed by atoms with Gasteiger partial charge in [0.2, 0.25) is 0 Å². The van der Waals surface area contributed by atoms with Crippen molar-refractivity contribution in [2.75, 3.05) is 0 Å². The maximum Gasteiger partial charge on any atom is 0.162 e. The lowest BCUT2D eigenvalue weighted by Crippen LogP contribution is -2.20. The lowest BCUT2D eigenvalue weighted by molar-refractivity contribution is -0.120. The summed E-state index contributed by atoms with van der Waals surface area (Å²) in [6, 6.07) is 0. The molecule has 2 rings (SSSR count). The fourth-order valence-electron chi connectivity index (χ4n) is 2.74. The van der Waals surface area contributed by atoms with Crippen LogP contribution in [-0.4, -0.2) is 5.78 Å². The number of ketones is 1. The Kier molecular flexibility index (Phi) is 2.52. The predicted octanol–water partition coefficient (Wildman–Crippen LogP) is 3.10. The van der Waals surface area contributed by atoms with E-state index < -0.39 is 0 Å². The Balaban J connectivity index is 2.10. The average molecular weight is 178 g/mol. The van der Waals surface area contributed by atoms with Crippen LogP contribution in [-0.2, 0) is 4.79 Å². The lowest BCUT2D eigenvalue weighted by atomic mass is 9.81. The first kappa shape index (κ1) is 8.98. The molecule has 1 fully saturated rings. The SMILES string of the molecule is CCCC1=CC2CCCCC2C1=O. The van der Waals surface area contributed by atoms with Crippen molar-refractivity contribution in [1.29, 1.82) is 0 Å². The van der Waals surface area contributed by atoms with Gasteiger partial charge in [0.25, 0.3) is 0 Å². The molecule has 1 saturated carbocycles. The highest BCUT2D eigenvalue weighted by atomic mass is 16.1. The summed E-state index contributed by atoms with van der Waals surface area (Å²) >= 11 is 0. The maximum absolute atomic E-state index is 11.9. The van der Waals surface area contributed by atoms with E-state index in [0.29, 0.717) is 17.6 Å². The number of fused-ring (bicyclic) bond motifs is 1. The van der Waals surface area contributed by atoms with Gasteiger partial charge in [0, 0.05) is 5.92 Å². The quantitative estimate of drug-likeness (QED) is 0.635. The zero-order valence-electron chi connectivity index (χ0n) is 8.38. The molecular weight excluding hydrogens is 160 g/mol. The van der Waals surface area contributed by atoms with Gasteiger partial charge in [-0.3, -0.25) is 4.79 Å². The first-order valence-electron chi connectivity index (χ1n) is 5.58. The molecule has 0 aromatic heterocycles. The van der Waals surface area contributed by atoms with Crippen LogP contribution >= 0.6 is 0 Å². The molecule has 0 saturated heterocycles. The minimum absolute atomic E-state index is 0.385. The highest BCUT2D eigenvalue weighted by Crippen LogP contribution is 2.39. The minimum atomic E-state index is 0.385. The Labute approximate surface area is 80.2 Å². The molecular formula is C12H18O. The summed E-state index contributed by atoms with van der Waals surface area (Å²) in [7, 11) is 0. The zero-order chi connectivity index (χ0) is 9.26. The summed E-state index contributed by atoms with van der Waals surface area (Å²) in [5.74, 6) is 1.48. The summed E-state index contributed by atoms with van der Waals surface area (Å²) in [6.07, 6.45) is 9.37. The van der Waals surface area contributed by atoms with Gasteiger partial charge in [0.15, 0.2) is 5.78 Å². The van der Waals surface area contributed by atoms with E-state index in [4.69, 9.17) is 0 Å². The molecule has 0 amide bonds. The molecule has 1 heteroatoms. The summed E-state index contributed by atoms with van der Waals surface area (Å²) in [4.78, 5) is 11.9. The van der Waals surface area contributed by atoms with E-state index in [1.165, 1.54) is 19.3 Å². The van der Waals surface area contributed by atoms with Gasteiger partial charge >= 0.3 is 0 Å². The fraction of sp³-hybridized carbons (Fsp3) is 0.750. The molecule has 0 bridgehead atoms. The Morgan fingerprint density at radius 2 is 2.15 bits per heavy atom. The van der Waals surface area contributed by atoms with Gasteiger partial charge in [0.1, 0.15) is 0 Å². The van der Waals surface area contributed by atoms with E-state index in [9.17, 15) is 4.79 Å². The number of hydrogen-bond acceptors (Lipinski definition) is 1. The predicted molar refractivity (Wildman–Crippen MR) is 53.4 cm³/mol. The highest BCUT2D eigenvalue weighted by Gasteiger charge is 2.36. The van der Waals surface area contributed by atoms with Crippen molar-refractivity contribution in [1.82, 2.24) is 0 Å². The Morgan fingerprint density at radius 1 is 1.38 bits per heavy atom. The van der Waals surface area contributed by atoms with E-state index in [-0.39, 0.29) is 0 Å². The van der Waals surface area contributed by atoms with Crippen molar-refractivity contribution in [2.24, 2.45) is 11.8 Å². The van der Waals surface area contributed by atoms with Gasteiger partial charge in [-0.2, -0.15) is 0 Å². The second kappa shape index (κ2) is 3.65. The number of rotatable bonds is 2. The zero-order valence-corrected chi connectivity index (χ0v) is 8.38. The summed E-state index contributed by atoms with van der Waals surface area (Å²) in [5, 5.41) is 0. The molecule has 0 aromatic carbocycles. The van der Waals surface area contributed by atoms with Gasteiger partial charge in [-0.15, -0.1) is 0 Å². The van der Waals surface area contributed by atoms with Crippen LogP contribution in [0.5, 0.6) is 0 Å². The monoisotopic (exact) mass is 178 g/mol. The molecule has 72 valence electrons. The van der Waals surface area contributed by atoms with Crippen LogP contribution in [0, 0.1) is 11.8 Å². The summed E-state index contributed by atoms with van der Waals surface area (Å²) in [5.41, 5.74) is 1.14. The lowest BCUT2D eigenvalue weighted by Gasteiger charge is -2.22. The van der Waals surface area contributed by atoms with Crippen LogP contribution in [0.4, 0.5) is 0 Å². The Bertz CT molecular complexity index is 240. The topological polar surface area (TPSA) is 17.1 Å². The third-order valence-electron chi connectivity index (χ3n) is 3.41. The van der Waals surface area contributed by atoms with Crippen molar-refractivity contribution < 1.29 is 4.79 Å². The Hall–Kier alpha value is -0.590. The van der Waals surface area contributed by atoms with E-state index >= 15 is 0 Å². The normalized spacial score (nSPS) is 33.0. The van der Waals surface area contributed by atoms with Crippen molar-refractivity contribution in [3.8, 4) is 0 Å². The smallest absolute Gasteiger partial charge is 0.162 e. The van der Waals surface area contributed by atoms with Crippen LogP contribution in [0.25, 0.3) is 0 Å². The van der Waals surface area contributed by atoms with Crippen LogP contribution in [0.15, 0.2) is 11.6 Å². The van der Waals surface area contributed by atoms with Gasteiger partial charge in [-0.25, -0.2) is 0 Å². The van der Waals surface area contributed by atoms with Gasteiger partial charge < -0.3 is 0 Å². The first-order chi connectivity index (χ1) is 6.33. The maximum atomic E-state index is 11.9. The number of carbonyl (C=O) groups is 1. The van der Waals surface area contributed by atoms with Crippen molar-refractivity contribution >= 4 is 5.78 Å². The van der Waals surface area contributed by atoms with E-state index in [0.717, 1.165) is 24.8 Å². The molecule has 2 unspecified atom stereocenters. The summed E-state index contributed by atoms with van der Waals surface area (Å²) in [6.45, 7) is 2.15. The number of carbonyl (C=O) groups excluding carboxylic acids is 1. The second-order valence-electron chi connectivity index (χ2n) is 4.36. The molecule has 0 spiro atoms. The molecule has 1 nitrogen and oxygen atoms in total. The van der Waals surface area contributed by atoms with Gasteiger partial charge in [-0.05, 0) is 30.8 Å². The van der Waals surface area contributed by atoms with Crippen LogP contribution < -0.4 is 0 Å². The van der Waals surface area contributed by atoms with Crippen LogP contribution in [0.2, 0.25) is 0 Å². The van der Waals surface area contributed by atoms with E-state index in [2.05, 4.69) is 13.0 Å². The van der Waals surface area contributed by atoms with Crippen LogP contribution in [0.1, 0.15) is 45.4 Å². The molecule has 0 radical (unpaired) electrons. The molecule has 2 atom stereocenters. The Morgan fingerprint density at radius 3 is 2.85 bits per heavy atom. The third-order valence-corrected chi connectivity index (χ3v) is 3.41. The summed E-state index contributed by atoms with van der Waals surface area (Å²) < 4.78 is 0. The highest BCUT2D eigenvalue weighted by molar-refractivity contribution is 5.99. The third kappa shape index (κ3) is 1.56. The van der Waals surface area contributed by atoms with Gasteiger partial charge in [0.05, 0.1) is 0 Å². The molecule has 0 aromatic rings. The standard InChI is InChI=1S/C12H18O/c1-2-5-10-8-9-6-3-4-7-11(9)12(10)13/h8-9,11H,2-7H2,1H3. The molecule has 2 aliphatic carbocycles. The van der Waals surface area contributed by atoms with Crippen LogP contribution in [0.3, 0.4) is 0 Å². The number of Topliss-reactive ketones (excluding diaryl/α,β-unsaturated/α-hetero) is 1. The fourth-order valence-corrected chi connectivity index (χ4v) is 2.74. The van der Waals surface area contributed by atoms with E-state index in [1.54, 1.807) is 0 Å². The molecule has 2 aliphatic rings. The van der Waals surface area contributed by atoms with Crippen molar-refractivity contribution in [2.45, 2.75) is 45.4 Å². The number of hydrogen-bond donors (Lipinski definition) is 0. The largest absolute Gasteiger partial charge is 0.294 e. The minimum Gasteiger partial charge on any atom is -0.294 e. The van der Waals surface area contributed by atoms with Gasteiger partial charge in [-0.1, -0.05) is 32.3 Å². The molecule has 13 heavy (non-hydrogen) atoms. The number of allylic oxidation sites excluding steroid dienone is 2. The van der Waals surface area contributed by atoms with Crippen molar-refractivity contribution in [3.05, 3.63) is 11.6 Å².